The van der Waals surface area contributed by atoms with Gasteiger partial charge in [0.25, 0.3) is 0 Å². The Labute approximate surface area is 128 Å². The molecule has 110 valence electrons. The molecule has 1 aromatic carbocycles. The topological polar surface area (TPSA) is 47.6 Å². The van der Waals surface area contributed by atoms with E-state index in [1.54, 1.807) is 0 Å². The Bertz CT molecular complexity index is 496. The Balaban J connectivity index is 2.13. The summed E-state index contributed by atoms with van der Waals surface area (Å²) >= 11 is 3.44. The second kappa shape index (κ2) is 6.04. The first-order chi connectivity index (χ1) is 9.39. The number of carbonyl (C=O) groups excluding carboxylic acids is 1. The van der Waals surface area contributed by atoms with Crippen LogP contribution >= 0.6 is 15.9 Å². The van der Waals surface area contributed by atoms with Gasteiger partial charge in [0.05, 0.1) is 12.6 Å². The maximum absolute atomic E-state index is 11.9. The van der Waals surface area contributed by atoms with Crippen molar-refractivity contribution >= 4 is 22.0 Å². The fourth-order valence-electron chi connectivity index (χ4n) is 2.13. The van der Waals surface area contributed by atoms with E-state index in [1.165, 1.54) is 0 Å². The van der Waals surface area contributed by atoms with Gasteiger partial charge < -0.3 is 14.8 Å². The lowest BCUT2D eigenvalue weighted by Crippen LogP contribution is -2.36. The van der Waals surface area contributed by atoms with Crippen molar-refractivity contribution in [1.82, 2.24) is 5.32 Å². The summed E-state index contributed by atoms with van der Waals surface area (Å²) in [4.78, 5) is 11.9. The third kappa shape index (κ3) is 3.88. The van der Waals surface area contributed by atoms with Crippen LogP contribution in [-0.2, 0) is 10.1 Å². The summed E-state index contributed by atoms with van der Waals surface area (Å²) in [5.74, 6) is 0.835. The molecule has 0 radical (unpaired) electrons. The largest absolute Gasteiger partial charge is 0.493 e. The Kier molecular flexibility index (Phi) is 4.58. The van der Waals surface area contributed by atoms with Crippen molar-refractivity contribution in [1.29, 1.82) is 0 Å². The standard InChI is InChI=1S/C15H20BrNO3/c1-15(2,3)20-14(18)17-12-6-7-19-13-5-4-10(9-16)8-11(12)13/h4-5,8,12H,6-7,9H2,1-3H3,(H,17,18)/t12-/m0/s1. The van der Waals surface area contributed by atoms with Crippen LogP contribution in [0, 0.1) is 0 Å². The van der Waals surface area contributed by atoms with E-state index in [9.17, 15) is 4.79 Å². The van der Waals surface area contributed by atoms with Gasteiger partial charge in [-0.05, 0) is 38.5 Å². The van der Waals surface area contributed by atoms with Crippen LogP contribution in [-0.4, -0.2) is 18.3 Å². The van der Waals surface area contributed by atoms with Gasteiger partial charge in [-0.1, -0.05) is 22.0 Å². The molecule has 0 bridgehead atoms. The molecule has 0 saturated carbocycles. The predicted octanol–water partition coefficient (Wildman–Crippen LogP) is 3.93. The Morgan fingerprint density at radius 3 is 2.90 bits per heavy atom. The summed E-state index contributed by atoms with van der Waals surface area (Å²) in [5, 5.41) is 3.70. The summed E-state index contributed by atoms with van der Waals surface area (Å²) in [6.07, 6.45) is 0.359. The molecule has 20 heavy (non-hydrogen) atoms. The molecule has 4 nitrogen and oxygen atoms in total. The van der Waals surface area contributed by atoms with Crippen molar-refractivity contribution in [3.8, 4) is 5.75 Å². The predicted molar refractivity (Wildman–Crippen MR) is 81.3 cm³/mol. The minimum atomic E-state index is -0.490. The van der Waals surface area contributed by atoms with E-state index in [-0.39, 0.29) is 12.1 Å². The molecule has 1 aliphatic heterocycles. The molecule has 2 rings (SSSR count). The third-order valence-electron chi connectivity index (χ3n) is 2.96. The maximum atomic E-state index is 11.9. The first-order valence-corrected chi connectivity index (χ1v) is 7.82. The molecule has 0 unspecified atom stereocenters. The maximum Gasteiger partial charge on any atom is 0.408 e. The van der Waals surface area contributed by atoms with Crippen LogP contribution in [0.5, 0.6) is 5.75 Å². The molecule has 5 heteroatoms. The molecule has 1 heterocycles. The quantitative estimate of drug-likeness (QED) is 0.829. The average molecular weight is 342 g/mol. The van der Waals surface area contributed by atoms with E-state index < -0.39 is 5.60 Å². The highest BCUT2D eigenvalue weighted by molar-refractivity contribution is 9.08. The summed E-state index contributed by atoms with van der Waals surface area (Å²) in [7, 11) is 0. The molecule has 0 saturated heterocycles. The van der Waals surface area contributed by atoms with Crippen LogP contribution in [0.4, 0.5) is 4.79 Å². The summed E-state index contributed by atoms with van der Waals surface area (Å²) < 4.78 is 10.9. The number of alkyl halides is 1. The second-order valence-electron chi connectivity index (χ2n) is 5.84. The number of nitrogens with one attached hydrogen (secondary N) is 1. The highest BCUT2D eigenvalue weighted by atomic mass is 79.9. The van der Waals surface area contributed by atoms with Crippen molar-refractivity contribution in [2.24, 2.45) is 0 Å². The molecular formula is C15H20BrNO3. The van der Waals surface area contributed by atoms with Gasteiger partial charge in [0.15, 0.2) is 0 Å². The fraction of sp³-hybridized carbons (Fsp3) is 0.533. The molecule has 1 N–H and O–H groups in total. The number of ether oxygens (including phenoxy) is 2. The van der Waals surface area contributed by atoms with E-state index >= 15 is 0 Å². The van der Waals surface area contributed by atoms with Gasteiger partial charge in [0, 0.05) is 17.3 Å². The summed E-state index contributed by atoms with van der Waals surface area (Å²) in [5.41, 5.74) is 1.68. The molecule has 0 aliphatic carbocycles. The lowest BCUT2D eigenvalue weighted by molar-refractivity contribution is 0.0491. The zero-order chi connectivity index (χ0) is 14.8. The summed E-state index contributed by atoms with van der Waals surface area (Å²) in [6, 6.07) is 5.97. The van der Waals surface area contributed by atoms with Crippen molar-refractivity contribution in [2.45, 2.75) is 44.2 Å². The molecule has 1 aliphatic rings. The monoisotopic (exact) mass is 341 g/mol. The van der Waals surface area contributed by atoms with Crippen molar-refractivity contribution < 1.29 is 14.3 Å². The Hall–Kier alpha value is -1.23. The molecule has 0 fully saturated rings. The average Bonchev–Trinajstić information content (AvgIpc) is 2.36. The van der Waals surface area contributed by atoms with E-state index in [0.717, 1.165) is 28.6 Å². The van der Waals surface area contributed by atoms with Crippen molar-refractivity contribution in [3.05, 3.63) is 29.3 Å². The number of alkyl carbamates (subject to hydrolysis) is 1. The van der Waals surface area contributed by atoms with Crippen LogP contribution in [0.25, 0.3) is 0 Å². The minimum absolute atomic E-state index is 0.0624. The zero-order valence-electron chi connectivity index (χ0n) is 12.0. The van der Waals surface area contributed by atoms with Gasteiger partial charge in [-0.25, -0.2) is 4.79 Å². The van der Waals surface area contributed by atoms with Gasteiger partial charge in [0.1, 0.15) is 11.4 Å². The number of fused-ring (bicyclic) bond motifs is 1. The fourth-order valence-corrected chi connectivity index (χ4v) is 2.48. The highest BCUT2D eigenvalue weighted by Gasteiger charge is 2.25. The Morgan fingerprint density at radius 1 is 1.50 bits per heavy atom. The number of carbonyl (C=O) groups is 1. The number of rotatable bonds is 2. The second-order valence-corrected chi connectivity index (χ2v) is 6.40. The van der Waals surface area contributed by atoms with Gasteiger partial charge >= 0.3 is 6.09 Å². The molecule has 1 amide bonds. The van der Waals surface area contributed by atoms with Crippen molar-refractivity contribution in [3.63, 3.8) is 0 Å². The zero-order valence-corrected chi connectivity index (χ0v) is 13.6. The molecule has 0 spiro atoms. The molecular weight excluding hydrogens is 322 g/mol. The molecule has 1 atom stereocenters. The van der Waals surface area contributed by atoms with Crippen LogP contribution in [0.2, 0.25) is 0 Å². The smallest absolute Gasteiger partial charge is 0.408 e. The van der Waals surface area contributed by atoms with Crippen LogP contribution < -0.4 is 10.1 Å². The van der Waals surface area contributed by atoms with Crippen LogP contribution in [0.15, 0.2) is 18.2 Å². The van der Waals surface area contributed by atoms with Crippen LogP contribution in [0.1, 0.15) is 44.4 Å². The van der Waals surface area contributed by atoms with Gasteiger partial charge in [-0.3, -0.25) is 0 Å². The summed E-state index contributed by atoms with van der Waals surface area (Å²) in [6.45, 7) is 6.16. The SMILES string of the molecule is CC(C)(C)OC(=O)N[C@H]1CCOc2ccc(CBr)cc21. The van der Waals surface area contributed by atoms with Crippen LogP contribution in [0.3, 0.4) is 0 Å². The number of amides is 1. The normalized spacial score (nSPS) is 17.9. The van der Waals surface area contributed by atoms with Gasteiger partial charge in [0.2, 0.25) is 0 Å². The van der Waals surface area contributed by atoms with E-state index in [0.29, 0.717) is 6.61 Å². The van der Waals surface area contributed by atoms with E-state index in [4.69, 9.17) is 9.47 Å². The third-order valence-corrected chi connectivity index (χ3v) is 3.61. The molecule has 1 aromatic rings. The van der Waals surface area contributed by atoms with Crippen molar-refractivity contribution in [2.75, 3.05) is 6.61 Å². The highest BCUT2D eigenvalue weighted by Crippen LogP contribution is 2.33. The molecule has 0 aromatic heterocycles. The Morgan fingerprint density at radius 2 is 2.25 bits per heavy atom. The number of benzene rings is 1. The number of halogens is 1. The first-order valence-electron chi connectivity index (χ1n) is 6.70. The van der Waals surface area contributed by atoms with E-state index in [2.05, 4.69) is 27.3 Å². The lowest BCUT2D eigenvalue weighted by atomic mass is 9.99. The van der Waals surface area contributed by atoms with Gasteiger partial charge in [-0.2, -0.15) is 0 Å². The number of hydrogen-bond acceptors (Lipinski definition) is 3. The lowest BCUT2D eigenvalue weighted by Gasteiger charge is -2.28. The first kappa shape index (κ1) is 15.2. The van der Waals surface area contributed by atoms with Gasteiger partial charge in [-0.15, -0.1) is 0 Å². The van der Waals surface area contributed by atoms with E-state index in [1.807, 2.05) is 32.9 Å². The minimum Gasteiger partial charge on any atom is -0.493 e. The number of hydrogen-bond donors (Lipinski definition) is 1.